The largest absolute Gasteiger partial charge is 0.430 e. The number of hydrogen-bond acceptors (Lipinski definition) is 3. The topological polar surface area (TPSA) is 31.0 Å². The van der Waals surface area contributed by atoms with E-state index in [-0.39, 0.29) is 6.10 Å². The van der Waals surface area contributed by atoms with Gasteiger partial charge in [0.15, 0.2) is 0 Å². The zero-order valence-electron chi connectivity index (χ0n) is 16.9. The molecule has 1 fully saturated rings. The number of benzene rings is 2. The van der Waals surface area contributed by atoms with E-state index in [1.165, 1.54) is 6.07 Å². The molecule has 0 radical (unpaired) electrons. The van der Waals surface area contributed by atoms with Gasteiger partial charge in [0.05, 0.1) is 6.61 Å². The van der Waals surface area contributed by atoms with E-state index in [0.29, 0.717) is 36.1 Å². The van der Waals surface area contributed by atoms with Crippen molar-refractivity contribution in [2.24, 2.45) is 0 Å². The van der Waals surface area contributed by atoms with Gasteiger partial charge in [-0.15, -0.1) is 0 Å². The fourth-order valence-electron chi connectivity index (χ4n) is 3.60. The van der Waals surface area contributed by atoms with Gasteiger partial charge < -0.3 is 14.2 Å². The van der Waals surface area contributed by atoms with Crippen LogP contribution in [0.3, 0.4) is 0 Å². The molecule has 1 atom stereocenters. The summed E-state index contributed by atoms with van der Waals surface area (Å²) in [5.74, 6) is 0. The normalized spacial score (nSPS) is 17.1. The SMILES string of the molecule is CCCc1cc(C(OCOC)(C(F)(F)F)C(F)(F)F)ccc1-c1cccc(C2CO2)c1. The number of halogens is 6. The van der Waals surface area contributed by atoms with Crippen molar-refractivity contribution >= 4 is 0 Å². The molecule has 2 aromatic rings. The van der Waals surface area contributed by atoms with Gasteiger partial charge in [-0.05, 0) is 34.7 Å². The zero-order chi connectivity index (χ0) is 22.9. The predicted octanol–water partition coefficient (Wildman–Crippen LogP) is 6.32. The third kappa shape index (κ3) is 4.58. The molecule has 0 spiro atoms. The Morgan fingerprint density at radius 1 is 1.00 bits per heavy atom. The summed E-state index contributed by atoms with van der Waals surface area (Å²) in [4.78, 5) is 0. The van der Waals surface area contributed by atoms with Crippen LogP contribution in [-0.2, 0) is 26.2 Å². The smallest absolute Gasteiger partial charge is 0.368 e. The molecule has 0 aromatic heterocycles. The van der Waals surface area contributed by atoms with Crippen molar-refractivity contribution in [3.8, 4) is 11.1 Å². The number of hydrogen-bond donors (Lipinski definition) is 0. The molecule has 9 heteroatoms. The molecule has 3 rings (SSSR count). The van der Waals surface area contributed by atoms with E-state index in [4.69, 9.17) is 4.74 Å². The summed E-state index contributed by atoms with van der Waals surface area (Å²) >= 11 is 0. The van der Waals surface area contributed by atoms with Crippen LogP contribution in [0.1, 0.15) is 36.1 Å². The fourth-order valence-corrected chi connectivity index (χ4v) is 3.60. The van der Waals surface area contributed by atoms with E-state index >= 15 is 0 Å². The first-order valence-corrected chi connectivity index (χ1v) is 9.66. The molecule has 3 nitrogen and oxygen atoms in total. The van der Waals surface area contributed by atoms with Crippen molar-refractivity contribution in [2.75, 3.05) is 20.5 Å². The lowest BCUT2D eigenvalue weighted by molar-refractivity contribution is -0.400. The highest BCUT2D eigenvalue weighted by Gasteiger charge is 2.73. The molecule has 1 saturated heterocycles. The molecular formula is C22H22F6O3. The van der Waals surface area contributed by atoms with Gasteiger partial charge in [0.1, 0.15) is 12.9 Å². The van der Waals surface area contributed by atoms with E-state index in [9.17, 15) is 26.3 Å². The van der Waals surface area contributed by atoms with Crippen molar-refractivity contribution in [3.05, 3.63) is 59.2 Å². The lowest BCUT2D eigenvalue weighted by Crippen LogP contribution is -2.56. The molecule has 1 aliphatic rings. The van der Waals surface area contributed by atoms with Crippen LogP contribution in [-0.4, -0.2) is 32.9 Å². The minimum absolute atomic E-state index is 0.0283. The summed E-state index contributed by atoms with van der Waals surface area (Å²) in [6.07, 6.45) is -10.7. The third-order valence-electron chi connectivity index (χ3n) is 5.13. The quantitative estimate of drug-likeness (QED) is 0.269. The van der Waals surface area contributed by atoms with Gasteiger partial charge >= 0.3 is 12.4 Å². The van der Waals surface area contributed by atoms with Crippen LogP contribution < -0.4 is 0 Å². The van der Waals surface area contributed by atoms with Crippen molar-refractivity contribution in [1.82, 2.24) is 0 Å². The zero-order valence-corrected chi connectivity index (χ0v) is 16.9. The minimum Gasteiger partial charge on any atom is -0.368 e. The van der Waals surface area contributed by atoms with Gasteiger partial charge in [-0.25, -0.2) is 0 Å². The van der Waals surface area contributed by atoms with E-state index in [0.717, 1.165) is 24.8 Å². The summed E-state index contributed by atoms with van der Waals surface area (Å²) in [7, 11) is 0.958. The van der Waals surface area contributed by atoms with Crippen LogP contribution in [0.5, 0.6) is 0 Å². The highest BCUT2D eigenvalue weighted by atomic mass is 19.4. The van der Waals surface area contributed by atoms with E-state index < -0.39 is 30.3 Å². The Balaban J connectivity index is 2.16. The molecule has 2 aromatic carbocycles. The number of aryl methyl sites for hydroxylation is 1. The second-order valence-corrected chi connectivity index (χ2v) is 7.30. The maximum atomic E-state index is 13.9. The molecule has 0 bridgehead atoms. The maximum Gasteiger partial charge on any atom is 0.430 e. The molecule has 1 heterocycles. The van der Waals surface area contributed by atoms with Crippen LogP contribution in [0.4, 0.5) is 26.3 Å². The number of ether oxygens (including phenoxy) is 3. The summed E-state index contributed by atoms with van der Waals surface area (Å²) in [5.41, 5.74) is -2.98. The first kappa shape index (κ1) is 23.6. The average molecular weight is 448 g/mol. The molecule has 31 heavy (non-hydrogen) atoms. The Morgan fingerprint density at radius 2 is 1.68 bits per heavy atom. The van der Waals surface area contributed by atoms with Crippen LogP contribution in [0.25, 0.3) is 11.1 Å². The molecule has 170 valence electrons. The number of methoxy groups -OCH3 is 1. The first-order chi connectivity index (χ1) is 14.5. The van der Waals surface area contributed by atoms with Crippen molar-refractivity contribution in [1.29, 1.82) is 0 Å². The molecule has 0 aliphatic carbocycles. The van der Waals surface area contributed by atoms with Gasteiger partial charge in [-0.1, -0.05) is 49.7 Å². The summed E-state index contributed by atoms with van der Waals surface area (Å²) in [6.45, 7) is 1.21. The van der Waals surface area contributed by atoms with Crippen LogP contribution >= 0.6 is 0 Å². The average Bonchev–Trinajstić information content (AvgIpc) is 3.52. The Bertz CT molecular complexity index is 889. The lowest BCUT2D eigenvalue weighted by Gasteiger charge is -2.37. The van der Waals surface area contributed by atoms with Gasteiger partial charge in [-0.2, -0.15) is 26.3 Å². The molecule has 0 amide bonds. The summed E-state index contributed by atoms with van der Waals surface area (Å²) in [5, 5.41) is 0. The van der Waals surface area contributed by atoms with Gasteiger partial charge in [-0.3, -0.25) is 0 Å². The van der Waals surface area contributed by atoms with E-state index in [2.05, 4.69) is 9.47 Å². The Kier molecular flexibility index (Phi) is 6.69. The van der Waals surface area contributed by atoms with E-state index in [1.807, 2.05) is 12.1 Å². The van der Waals surface area contributed by atoms with Crippen LogP contribution in [0, 0.1) is 0 Å². The second-order valence-electron chi connectivity index (χ2n) is 7.30. The number of epoxide rings is 1. The third-order valence-corrected chi connectivity index (χ3v) is 5.13. The molecular weight excluding hydrogens is 426 g/mol. The van der Waals surface area contributed by atoms with Crippen molar-refractivity contribution in [3.63, 3.8) is 0 Å². The summed E-state index contributed by atoms with van der Waals surface area (Å²) < 4.78 is 97.1. The number of alkyl halides is 6. The van der Waals surface area contributed by atoms with Crippen molar-refractivity contribution < 1.29 is 40.6 Å². The number of rotatable bonds is 8. The molecule has 0 N–H and O–H groups in total. The van der Waals surface area contributed by atoms with Gasteiger partial charge in [0.25, 0.3) is 5.60 Å². The lowest BCUT2D eigenvalue weighted by atomic mass is 9.86. The van der Waals surface area contributed by atoms with Crippen LogP contribution in [0.15, 0.2) is 42.5 Å². The minimum atomic E-state index is -5.75. The second kappa shape index (κ2) is 8.80. The standard InChI is InChI=1S/C22H22F6O3/c1-3-5-14-11-17(20(21(23,24)25,22(26,27)28)31-13-29-2)8-9-18(14)15-6-4-7-16(10-15)19-12-30-19/h4,6-11,19H,3,5,12-13H2,1-2H3. The van der Waals surface area contributed by atoms with Crippen LogP contribution in [0.2, 0.25) is 0 Å². The monoisotopic (exact) mass is 448 g/mol. The molecule has 1 aliphatic heterocycles. The predicted molar refractivity (Wildman–Crippen MR) is 101 cm³/mol. The fraction of sp³-hybridized carbons (Fsp3) is 0.455. The van der Waals surface area contributed by atoms with Crippen molar-refractivity contribution in [2.45, 2.75) is 43.8 Å². The van der Waals surface area contributed by atoms with Gasteiger partial charge in [0, 0.05) is 12.7 Å². The Labute approximate surface area is 175 Å². The van der Waals surface area contributed by atoms with Gasteiger partial charge in [0.2, 0.25) is 0 Å². The maximum absolute atomic E-state index is 13.9. The Morgan fingerprint density at radius 3 is 2.23 bits per heavy atom. The highest BCUT2D eigenvalue weighted by molar-refractivity contribution is 5.69. The summed E-state index contributed by atoms with van der Waals surface area (Å²) in [6, 6.07) is 10.3. The molecule has 0 saturated carbocycles. The first-order valence-electron chi connectivity index (χ1n) is 9.66. The Hall–Kier alpha value is -2.10. The highest BCUT2D eigenvalue weighted by Crippen LogP contribution is 2.53. The van der Waals surface area contributed by atoms with E-state index in [1.54, 1.807) is 19.1 Å². The molecule has 1 unspecified atom stereocenters.